The molecule has 0 N–H and O–H groups in total. The highest BCUT2D eigenvalue weighted by Crippen LogP contribution is 2.21. The molecule has 0 radical (unpaired) electrons. The number of carbonyl (C=O) groups is 1. The van der Waals surface area contributed by atoms with Crippen LogP contribution in [-0.4, -0.2) is 25.3 Å². The fourth-order valence-electron chi connectivity index (χ4n) is 1.32. The standard InChI is InChI=1S/C12H14O4/c1-9(13)16-12(15-8-11-7-14-11)10-5-3-2-4-6-10/h2-6,11-12H,7-8H2,1H3. The van der Waals surface area contributed by atoms with Crippen molar-refractivity contribution < 1.29 is 19.0 Å². The summed E-state index contributed by atoms with van der Waals surface area (Å²) in [6.07, 6.45) is -0.482. The second-order valence-corrected chi connectivity index (χ2v) is 3.64. The first-order chi connectivity index (χ1) is 7.75. The van der Waals surface area contributed by atoms with Gasteiger partial charge in [-0.15, -0.1) is 0 Å². The minimum Gasteiger partial charge on any atom is -0.431 e. The molecule has 4 heteroatoms. The molecule has 2 unspecified atom stereocenters. The van der Waals surface area contributed by atoms with Crippen LogP contribution < -0.4 is 0 Å². The Balaban J connectivity index is 1.97. The van der Waals surface area contributed by atoms with E-state index in [1.165, 1.54) is 6.92 Å². The third-order valence-corrected chi connectivity index (χ3v) is 2.18. The van der Waals surface area contributed by atoms with E-state index in [2.05, 4.69) is 0 Å². The van der Waals surface area contributed by atoms with Crippen LogP contribution >= 0.6 is 0 Å². The summed E-state index contributed by atoms with van der Waals surface area (Å²) in [5.41, 5.74) is 0.832. The largest absolute Gasteiger partial charge is 0.431 e. The number of carbonyl (C=O) groups excluding carboxylic acids is 1. The predicted molar refractivity (Wildman–Crippen MR) is 56.6 cm³/mol. The maximum Gasteiger partial charge on any atom is 0.305 e. The number of hydrogen-bond donors (Lipinski definition) is 0. The molecule has 86 valence electrons. The molecule has 2 atom stereocenters. The lowest BCUT2D eigenvalue weighted by Gasteiger charge is -2.17. The van der Waals surface area contributed by atoms with Gasteiger partial charge in [-0.1, -0.05) is 30.3 Å². The molecule has 4 nitrogen and oxygen atoms in total. The van der Waals surface area contributed by atoms with E-state index in [4.69, 9.17) is 14.2 Å². The second kappa shape index (κ2) is 5.09. The third kappa shape index (κ3) is 3.32. The molecular weight excluding hydrogens is 208 g/mol. The maximum absolute atomic E-state index is 11.0. The van der Waals surface area contributed by atoms with E-state index in [0.29, 0.717) is 6.61 Å². The summed E-state index contributed by atoms with van der Waals surface area (Å²) in [5.74, 6) is -0.356. The fraction of sp³-hybridized carbons (Fsp3) is 0.417. The smallest absolute Gasteiger partial charge is 0.305 e. The van der Waals surface area contributed by atoms with Crippen LogP contribution in [0.25, 0.3) is 0 Å². The van der Waals surface area contributed by atoms with Gasteiger partial charge < -0.3 is 14.2 Å². The Morgan fingerprint density at radius 1 is 1.50 bits per heavy atom. The summed E-state index contributed by atoms with van der Waals surface area (Å²) in [4.78, 5) is 11.0. The van der Waals surface area contributed by atoms with Crippen molar-refractivity contribution in [1.82, 2.24) is 0 Å². The molecule has 0 aromatic heterocycles. The van der Waals surface area contributed by atoms with Gasteiger partial charge in [-0.25, -0.2) is 0 Å². The van der Waals surface area contributed by atoms with Crippen LogP contribution in [0.5, 0.6) is 0 Å². The highest BCUT2D eigenvalue weighted by atomic mass is 16.7. The van der Waals surface area contributed by atoms with Crippen molar-refractivity contribution >= 4 is 5.97 Å². The lowest BCUT2D eigenvalue weighted by atomic mass is 10.2. The Kier molecular flexibility index (Phi) is 3.54. The van der Waals surface area contributed by atoms with Gasteiger partial charge >= 0.3 is 5.97 Å². The van der Waals surface area contributed by atoms with Crippen LogP contribution in [0.3, 0.4) is 0 Å². The minimum atomic E-state index is -0.636. The van der Waals surface area contributed by atoms with Crippen molar-refractivity contribution in [2.24, 2.45) is 0 Å². The maximum atomic E-state index is 11.0. The van der Waals surface area contributed by atoms with E-state index in [-0.39, 0.29) is 12.1 Å². The predicted octanol–water partition coefficient (Wildman–Crippen LogP) is 1.66. The van der Waals surface area contributed by atoms with Gasteiger partial charge in [0.25, 0.3) is 0 Å². The van der Waals surface area contributed by atoms with Crippen LogP contribution in [0.2, 0.25) is 0 Å². The number of epoxide rings is 1. The molecule has 1 aliphatic heterocycles. The molecule has 1 aromatic carbocycles. The highest BCUT2D eigenvalue weighted by molar-refractivity contribution is 5.66. The topological polar surface area (TPSA) is 48.1 Å². The van der Waals surface area contributed by atoms with Crippen LogP contribution in [0.4, 0.5) is 0 Å². The second-order valence-electron chi connectivity index (χ2n) is 3.64. The van der Waals surface area contributed by atoms with Gasteiger partial charge in [-0.3, -0.25) is 4.79 Å². The normalized spacial score (nSPS) is 20.2. The SMILES string of the molecule is CC(=O)OC(OCC1CO1)c1ccccc1. The van der Waals surface area contributed by atoms with Crippen LogP contribution in [0, 0.1) is 0 Å². The number of ether oxygens (including phenoxy) is 3. The quantitative estimate of drug-likeness (QED) is 0.432. The zero-order valence-corrected chi connectivity index (χ0v) is 9.09. The summed E-state index contributed by atoms with van der Waals surface area (Å²) in [5, 5.41) is 0. The van der Waals surface area contributed by atoms with E-state index in [0.717, 1.165) is 12.2 Å². The Hall–Kier alpha value is -1.39. The molecule has 2 rings (SSSR count). The number of rotatable bonds is 5. The van der Waals surface area contributed by atoms with Gasteiger partial charge in [0.15, 0.2) is 0 Å². The van der Waals surface area contributed by atoms with Crippen molar-refractivity contribution in [3.8, 4) is 0 Å². The Morgan fingerprint density at radius 2 is 2.19 bits per heavy atom. The van der Waals surface area contributed by atoms with Crippen molar-refractivity contribution in [1.29, 1.82) is 0 Å². The van der Waals surface area contributed by atoms with E-state index < -0.39 is 6.29 Å². The fourth-order valence-corrected chi connectivity index (χ4v) is 1.32. The van der Waals surface area contributed by atoms with Gasteiger partial charge in [0.05, 0.1) is 13.2 Å². The van der Waals surface area contributed by atoms with E-state index in [1.807, 2.05) is 30.3 Å². The number of benzene rings is 1. The molecule has 1 heterocycles. The molecule has 1 aliphatic rings. The van der Waals surface area contributed by atoms with Crippen molar-refractivity contribution in [2.75, 3.05) is 13.2 Å². The van der Waals surface area contributed by atoms with E-state index in [1.54, 1.807) is 0 Å². The van der Waals surface area contributed by atoms with E-state index >= 15 is 0 Å². The van der Waals surface area contributed by atoms with Gasteiger partial charge in [0.1, 0.15) is 6.10 Å². The minimum absolute atomic E-state index is 0.154. The number of esters is 1. The Labute approximate surface area is 94.1 Å². The lowest BCUT2D eigenvalue weighted by Crippen LogP contribution is -2.15. The molecule has 1 saturated heterocycles. The molecule has 0 amide bonds. The summed E-state index contributed by atoms with van der Waals surface area (Å²) >= 11 is 0. The average Bonchev–Trinajstić information content (AvgIpc) is 3.09. The third-order valence-electron chi connectivity index (χ3n) is 2.18. The zero-order valence-electron chi connectivity index (χ0n) is 9.09. The van der Waals surface area contributed by atoms with Crippen LogP contribution in [-0.2, 0) is 19.0 Å². The first-order valence-corrected chi connectivity index (χ1v) is 5.21. The van der Waals surface area contributed by atoms with Gasteiger partial charge in [-0.2, -0.15) is 0 Å². The summed E-state index contributed by atoms with van der Waals surface area (Å²) in [7, 11) is 0. The molecule has 0 bridgehead atoms. The van der Waals surface area contributed by atoms with Crippen LogP contribution in [0.15, 0.2) is 30.3 Å². The van der Waals surface area contributed by atoms with Crippen molar-refractivity contribution in [2.45, 2.75) is 19.3 Å². The Bertz CT molecular complexity index is 345. The molecule has 1 fully saturated rings. The monoisotopic (exact) mass is 222 g/mol. The first-order valence-electron chi connectivity index (χ1n) is 5.21. The van der Waals surface area contributed by atoms with Gasteiger partial charge in [0, 0.05) is 12.5 Å². The Morgan fingerprint density at radius 3 is 2.75 bits per heavy atom. The number of hydrogen-bond acceptors (Lipinski definition) is 4. The molecule has 0 aliphatic carbocycles. The van der Waals surface area contributed by atoms with Gasteiger partial charge in [-0.05, 0) is 0 Å². The van der Waals surface area contributed by atoms with Crippen LogP contribution in [0.1, 0.15) is 18.8 Å². The van der Waals surface area contributed by atoms with E-state index in [9.17, 15) is 4.79 Å². The summed E-state index contributed by atoms with van der Waals surface area (Å²) < 4.78 is 15.6. The summed E-state index contributed by atoms with van der Waals surface area (Å²) in [6.45, 7) is 2.54. The first kappa shape index (κ1) is 11.1. The lowest BCUT2D eigenvalue weighted by molar-refractivity contribution is -0.179. The zero-order chi connectivity index (χ0) is 11.4. The summed E-state index contributed by atoms with van der Waals surface area (Å²) in [6, 6.07) is 9.38. The molecule has 1 aromatic rings. The molecular formula is C12H14O4. The highest BCUT2D eigenvalue weighted by Gasteiger charge is 2.25. The van der Waals surface area contributed by atoms with Crippen molar-refractivity contribution in [3.63, 3.8) is 0 Å². The molecule has 0 saturated carbocycles. The average molecular weight is 222 g/mol. The van der Waals surface area contributed by atoms with Crippen molar-refractivity contribution in [3.05, 3.63) is 35.9 Å². The molecule has 0 spiro atoms. The van der Waals surface area contributed by atoms with Gasteiger partial charge in [0.2, 0.25) is 6.29 Å². The molecule has 16 heavy (non-hydrogen) atoms.